The van der Waals surface area contributed by atoms with Crippen molar-refractivity contribution in [3.63, 3.8) is 0 Å². The number of carbonyl (C=O) groups excluding carboxylic acids is 1. The maximum Gasteiger partial charge on any atom is 0.305 e. The number of carboxylic acid groups (broad SMARTS) is 1. The number of amides is 1. The highest BCUT2D eigenvalue weighted by atomic mass is 35.5. The highest BCUT2D eigenvalue weighted by molar-refractivity contribution is 6.31. The standard InChI is InChI=1S/C17H18ClN3O3/c18-15-6-2-1-4-12(15)10-20-11-13(9-19-20)17(24)21-7-3-5-14(21)8-16(22)23/h1-2,4,6,9,11,14H,3,5,7-8,10H2,(H,22,23). The topological polar surface area (TPSA) is 75.4 Å². The van der Waals surface area contributed by atoms with Crippen molar-refractivity contribution in [3.05, 3.63) is 52.8 Å². The van der Waals surface area contributed by atoms with Gasteiger partial charge in [-0.25, -0.2) is 0 Å². The summed E-state index contributed by atoms with van der Waals surface area (Å²) in [5.74, 6) is -1.04. The van der Waals surface area contributed by atoms with Gasteiger partial charge in [-0.2, -0.15) is 5.10 Å². The van der Waals surface area contributed by atoms with Gasteiger partial charge in [0.1, 0.15) is 0 Å². The Morgan fingerprint density at radius 3 is 2.88 bits per heavy atom. The molecular weight excluding hydrogens is 330 g/mol. The van der Waals surface area contributed by atoms with Crippen molar-refractivity contribution in [3.8, 4) is 0 Å². The molecule has 1 aliphatic heterocycles. The lowest BCUT2D eigenvalue weighted by Gasteiger charge is -2.22. The molecule has 24 heavy (non-hydrogen) atoms. The number of likely N-dealkylation sites (tertiary alicyclic amines) is 1. The number of aromatic nitrogens is 2. The fourth-order valence-corrected chi connectivity index (χ4v) is 3.24. The van der Waals surface area contributed by atoms with Gasteiger partial charge in [-0.05, 0) is 24.5 Å². The molecule has 1 aromatic carbocycles. The number of aliphatic carboxylic acids is 1. The lowest BCUT2D eigenvalue weighted by molar-refractivity contribution is -0.137. The SMILES string of the molecule is O=C(O)CC1CCCN1C(=O)c1cnn(Cc2ccccc2Cl)c1. The predicted molar refractivity (Wildman–Crippen MR) is 89.1 cm³/mol. The van der Waals surface area contributed by atoms with Crippen LogP contribution in [-0.4, -0.2) is 44.3 Å². The first-order chi connectivity index (χ1) is 11.5. The maximum absolute atomic E-state index is 12.6. The van der Waals surface area contributed by atoms with E-state index in [9.17, 15) is 9.59 Å². The average molecular weight is 348 g/mol. The van der Waals surface area contributed by atoms with Gasteiger partial charge in [-0.1, -0.05) is 29.8 Å². The highest BCUT2D eigenvalue weighted by Gasteiger charge is 2.31. The molecule has 1 N–H and O–H groups in total. The third kappa shape index (κ3) is 3.59. The van der Waals surface area contributed by atoms with E-state index < -0.39 is 5.97 Å². The third-order valence-electron chi connectivity index (χ3n) is 4.22. The van der Waals surface area contributed by atoms with E-state index in [0.717, 1.165) is 18.4 Å². The first-order valence-electron chi connectivity index (χ1n) is 7.83. The summed E-state index contributed by atoms with van der Waals surface area (Å²) in [5.41, 5.74) is 1.39. The quantitative estimate of drug-likeness (QED) is 0.902. The Balaban J connectivity index is 1.72. The van der Waals surface area contributed by atoms with Crippen molar-refractivity contribution < 1.29 is 14.7 Å². The van der Waals surface area contributed by atoms with Crippen molar-refractivity contribution in [2.45, 2.75) is 31.8 Å². The van der Waals surface area contributed by atoms with E-state index in [0.29, 0.717) is 23.7 Å². The van der Waals surface area contributed by atoms with Crippen LogP contribution in [0, 0.1) is 0 Å². The molecule has 1 aliphatic rings. The Hall–Kier alpha value is -2.34. The molecule has 0 saturated carbocycles. The van der Waals surface area contributed by atoms with Gasteiger partial charge < -0.3 is 10.0 Å². The number of rotatable bonds is 5. The van der Waals surface area contributed by atoms with E-state index in [4.69, 9.17) is 16.7 Å². The highest BCUT2D eigenvalue weighted by Crippen LogP contribution is 2.23. The number of benzene rings is 1. The molecule has 0 radical (unpaired) electrons. The van der Waals surface area contributed by atoms with Crippen molar-refractivity contribution in [1.82, 2.24) is 14.7 Å². The smallest absolute Gasteiger partial charge is 0.305 e. The summed E-state index contributed by atoms with van der Waals surface area (Å²) in [7, 11) is 0. The lowest BCUT2D eigenvalue weighted by Crippen LogP contribution is -2.36. The van der Waals surface area contributed by atoms with Gasteiger partial charge in [0, 0.05) is 23.8 Å². The van der Waals surface area contributed by atoms with Crippen LogP contribution in [0.2, 0.25) is 5.02 Å². The zero-order valence-electron chi connectivity index (χ0n) is 13.1. The molecule has 2 heterocycles. The minimum absolute atomic E-state index is 0.0144. The van der Waals surface area contributed by atoms with Gasteiger partial charge in [0.05, 0.1) is 24.7 Å². The van der Waals surface area contributed by atoms with Crippen molar-refractivity contribution >= 4 is 23.5 Å². The summed E-state index contributed by atoms with van der Waals surface area (Å²) >= 11 is 6.14. The Bertz CT molecular complexity index is 759. The summed E-state index contributed by atoms with van der Waals surface area (Å²) in [6, 6.07) is 7.25. The molecule has 1 saturated heterocycles. The molecule has 0 aliphatic carbocycles. The summed E-state index contributed by atoms with van der Waals surface area (Å²) in [4.78, 5) is 25.2. The minimum atomic E-state index is -0.880. The van der Waals surface area contributed by atoms with Crippen LogP contribution in [-0.2, 0) is 11.3 Å². The molecule has 2 aromatic rings. The minimum Gasteiger partial charge on any atom is -0.481 e. The molecule has 1 amide bonds. The number of hydrogen-bond donors (Lipinski definition) is 1. The van der Waals surface area contributed by atoms with Gasteiger partial charge in [0.15, 0.2) is 0 Å². The normalized spacial score (nSPS) is 17.2. The van der Waals surface area contributed by atoms with E-state index in [-0.39, 0.29) is 18.4 Å². The summed E-state index contributed by atoms with van der Waals surface area (Å²) in [5, 5.41) is 13.9. The van der Waals surface area contributed by atoms with Crippen LogP contribution >= 0.6 is 11.6 Å². The Morgan fingerprint density at radius 2 is 2.12 bits per heavy atom. The zero-order valence-corrected chi connectivity index (χ0v) is 13.8. The van der Waals surface area contributed by atoms with Crippen molar-refractivity contribution in [2.75, 3.05) is 6.54 Å². The fraction of sp³-hybridized carbons (Fsp3) is 0.353. The van der Waals surface area contributed by atoms with Crippen LogP contribution in [0.1, 0.15) is 35.2 Å². The second-order valence-electron chi connectivity index (χ2n) is 5.91. The molecule has 6 nitrogen and oxygen atoms in total. The lowest BCUT2D eigenvalue weighted by atomic mass is 10.1. The van der Waals surface area contributed by atoms with Gasteiger partial charge in [0.2, 0.25) is 0 Å². The monoisotopic (exact) mass is 347 g/mol. The molecule has 1 unspecified atom stereocenters. The second kappa shape index (κ2) is 7.05. The van der Waals surface area contributed by atoms with E-state index in [1.54, 1.807) is 15.8 Å². The first kappa shape index (κ1) is 16.5. The fourth-order valence-electron chi connectivity index (χ4n) is 3.04. The molecule has 0 bridgehead atoms. The average Bonchev–Trinajstić information content (AvgIpc) is 3.18. The van der Waals surface area contributed by atoms with E-state index in [1.807, 2.05) is 24.3 Å². The van der Waals surface area contributed by atoms with Crippen LogP contribution in [0.5, 0.6) is 0 Å². The molecule has 1 atom stereocenters. The van der Waals surface area contributed by atoms with Gasteiger partial charge >= 0.3 is 5.97 Å². The van der Waals surface area contributed by atoms with Gasteiger partial charge in [-0.15, -0.1) is 0 Å². The van der Waals surface area contributed by atoms with Crippen molar-refractivity contribution in [1.29, 1.82) is 0 Å². The summed E-state index contributed by atoms with van der Waals surface area (Å²) in [6.07, 6.45) is 4.75. The third-order valence-corrected chi connectivity index (χ3v) is 4.59. The predicted octanol–water partition coefficient (Wildman–Crippen LogP) is 2.66. The number of carbonyl (C=O) groups is 2. The summed E-state index contributed by atoms with van der Waals surface area (Å²) in [6.45, 7) is 1.07. The van der Waals surface area contributed by atoms with Crippen LogP contribution in [0.3, 0.4) is 0 Å². The number of hydrogen-bond acceptors (Lipinski definition) is 3. The number of carboxylic acids is 1. The maximum atomic E-state index is 12.6. The zero-order chi connectivity index (χ0) is 17.1. The molecular formula is C17H18ClN3O3. The van der Waals surface area contributed by atoms with E-state index >= 15 is 0 Å². The van der Waals surface area contributed by atoms with Gasteiger partial charge in [0.25, 0.3) is 5.91 Å². The van der Waals surface area contributed by atoms with Crippen LogP contribution in [0.15, 0.2) is 36.7 Å². The molecule has 1 aromatic heterocycles. The van der Waals surface area contributed by atoms with Gasteiger partial charge in [-0.3, -0.25) is 14.3 Å². The summed E-state index contributed by atoms with van der Waals surface area (Å²) < 4.78 is 1.66. The van der Waals surface area contributed by atoms with Crippen LogP contribution in [0.25, 0.3) is 0 Å². The van der Waals surface area contributed by atoms with Crippen LogP contribution < -0.4 is 0 Å². The Morgan fingerprint density at radius 1 is 1.33 bits per heavy atom. The number of nitrogens with zero attached hydrogens (tertiary/aromatic N) is 3. The van der Waals surface area contributed by atoms with Crippen LogP contribution in [0.4, 0.5) is 0 Å². The van der Waals surface area contributed by atoms with Crippen molar-refractivity contribution in [2.24, 2.45) is 0 Å². The molecule has 7 heteroatoms. The van der Waals surface area contributed by atoms with E-state index in [1.165, 1.54) is 6.20 Å². The number of halogens is 1. The molecule has 0 spiro atoms. The Labute approximate surface area is 144 Å². The molecule has 1 fully saturated rings. The second-order valence-corrected chi connectivity index (χ2v) is 6.32. The molecule has 126 valence electrons. The van der Waals surface area contributed by atoms with E-state index in [2.05, 4.69) is 5.10 Å². The molecule has 3 rings (SSSR count). The first-order valence-corrected chi connectivity index (χ1v) is 8.21. The Kier molecular flexibility index (Phi) is 4.85. The largest absolute Gasteiger partial charge is 0.481 e.